The zero-order chi connectivity index (χ0) is 49.5. The van der Waals surface area contributed by atoms with E-state index < -0.39 is 24.3 Å². The summed E-state index contributed by atoms with van der Waals surface area (Å²) in [7, 11) is 0. The molecule has 392 valence electrons. The first kappa shape index (κ1) is 61.1. The molecule has 1 aliphatic carbocycles. The van der Waals surface area contributed by atoms with Crippen molar-refractivity contribution in [3.8, 4) is 0 Å². The zero-order valence-electron chi connectivity index (χ0n) is 44.3. The average Bonchev–Trinajstić information content (AvgIpc) is 3.31. The maximum Gasteiger partial charge on any atom is 0.508 e. The van der Waals surface area contributed by atoms with E-state index in [1.807, 2.05) is 0 Å². The lowest BCUT2D eigenvalue weighted by Crippen LogP contribution is -2.45. The number of carbonyl (C=O) groups excluding carboxylic acids is 3. The fraction of sp³-hybridized carbons (Fsp3) is 0.807. The smallest absolute Gasteiger partial charge is 0.465 e. The van der Waals surface area contributed by atoms with Crippen molar-refractivity contribution < 1.29 is 47.5 Å². The Balaban J connectivity index is 1.86. The molecule has 0 bridgehead atoms. The number of rotatable bonds is 39. The van der Waals surface area contributed by atoms with Gasteiger partial charge in [-0.3, -0.25) is 14.5 Å². The maximum atomic E-state index is 13.2. The second-order valence-corrected chi connectivity index (χ2v) is 20.2. The Labute approximate surface area is 414 Å². The van der Waals surface area contributed by atoms with E-state index in [1.54, 1.807) is 0 Å². The van der Waals surface area contributed by atoms with Crippen molar-refractivity contribution in [1.82, 2.24) is 4.90 Å². The molecule has 0 amide bonds. The van der Waals surface area contributed by atoms with Crippen LogP contribution in [-0.4, -0.2) is 101 Å². The number of carbonyl (C=O) groups is 3. The standard InChI is InChI=1S/C57H99NO10/c1-8-9-10-11-12-13-14-15-16-17-18-19-20-21-22-29-54(59)65-44-51(46-67-57(61)68-53-32-30-52(31-33-53)58-38-42-62-43-39-58)45-66-55(60)34-35-56(63-40-36-49(6)27-23-25-47(2)3)64-41-37-50(7)28-24-26-48(4)5/h12-13,15-16,25-26,49-53,56H,8-11,14,17-24,27-46H2,1-7H3/b13-12-,16-15-/t49?,50?,51?,52-,53-,56?. The van der Waals surface area contributed by atoms with Crippen molar-refractivity contribution in [2.24, 2.45) is 17.8 Å². The molecule has 3 atom stereocenters. The van der Waals surface area contributed by atoms with E-state index in [0.717, 1.165) is 135 Å². The van der Waals surface area contributed by atoms with Crippen LogP contribution in [0, 0.1) is 17.8 Å². The summed E-state index contributed by atoms with van der Waals surface area (Å²) in [6.45, 7) is 19.6. The van der Waals surface area contributed by atoms with Crippen LogP contribution in [0.1, 0.15) is 203 Å². The van der Waals surface area contributed by atoms with Gasteiger partial charge in [-0.25, -0.2) is 4.79 Å². The lowest BCUT2D eigenvalue weighted by atomic mass is 9.91. The van der Waals surface area contributed by atoms with Gasteiger partial charge in [0.15, 0.2) is 6.29 Å². The number of morpholine rings is 1. The zero-order valence-corrected chi connectivity index (χ0v) is 44.3. The third-order valence-electron chi connectivity index (χ3n) is 13.0. The number of hydrogen-bond acceptors (Lipinski definition) is 11. The van der Waals surface area contributed by atoms with Crippen molar-refractivity contribution in [1.29, 1.82) is 0 Å². The Bertz CT molecular complexity index is 1370. The van der Waals surface area contributed by atoms with E-state index in [2.05, 4.69) is 89.8 Å². The van der Waals surface area contributed by atoms with E-state index in [4.69, 9.17) is 33.2 Å². The summed E-state index contributed by atoms with van der Waals surface area (Å²) in [6.07, 6.45) is 34.7. The quantitative estimate of drug-likeness (QED) is 0.0193. The Morgan fingerprint density at radius 1 is 0.603 bits per heavy atom. The third-order valence-corrected chi connectivity index (χ3v) is 13.0. The van der Waals surface area contributed by atoms with Crippen LogP contribution < -0.4 is 0 Å². The molecular weight excluding hydrogens is 859 g/mol. The Kier molecular flexibility index (Phi) is 36.6. The van der Waals surface area contributed by atoms with E-state index in [9.17, 15) is 14.4 Å². The number of allylic oxidation sites excluding steroid dienone is 8. The van der Waals surface area contributed by atoms with Crippen LogP contribution >= 0.6 is 0 Å². The predicted octanol–water partition coefficient (Wildman–Crippen LogP) is 14.0. The highest BCUT2D eigenvalue weighted by molar-refractivity contribution is 5.69. The second kappa shape index (κ2) is 40.7. The molecule has 11 heteroatoms. The normalized spacial score (nSPS) is 18.5. The van der Waals surface area contributed by atoms with Crippen molar-refractivity contribution in [3.63, 3.8) is 0 Å². The lowest BCUT2D eigenvalue weighted by Gasteiger charge is -2.38. The summed E-state index contributed by atoms with van der Waals surface area (Å²) >= 11 is 0. The minimum absolute atomic E-state index is 0.0310. The summed E-state index contributed by atoms with van der Waals surface area (Å²) in [6, 6.07) is 0.486. The van der Waals surface area contributed by atoms with Crippen molar-refractivity contribution in [3.05, 3.63) is 47.6 Å². The first-order valence-corrected chi connectivity index (χ1v) is 27.2. The molecule has 0 radical (unpaired) electrons. The molecule has 2 fully saturated rings. The summed E-state index contributed by atoms with van der Waals surface area (Å²) in [5.41, 5.74) is 2.67. The van der Waals surface area contributed by atoms with Gasteiger partial charge in [-0.05, 0) is 142 Å². The molecule has 3 unspecified atom stereocenters. The van der Waals surface area contributed by atoms with Gasteiger partial charge in [0.25, 0.3) is 0 Å². The average molecular weight is 958 g/mol. The number of unbranched alkanes of at least 4 members (excludes halogenated alkanes) is 8. The summed E-state index contributed by atoms with van der Waals surface area (Å²) < 4.78 is 40.7. The fourth-order valence-corrected chi connectivity index (χ4v) is 8.47. The van der Waals surface area contributed by atoms with E-state index in [1.165, 1.54) is 36.8 Å². The van der Waals surface area contributed by atoms with Crippen molar-refractivity contribution in [2.75, 3.05) is 59.3 Å². The van der Waals surface area contributed by atoms with Gasteiger partial charge >= 0.3 is 18.1 Å². The molecule has 2 rings (SSSR count). The van der Waals surface area contributed by atoms with Gasteiger partial charge in [0, 0.05) is 45.2 Å². The molecule has 2 aliphatic rings. The SMILES string of the molecule is CCCCC/C=C\C/C=C\CCCCCCCC(=O)OCC(COC(=O)CCC(OCCC(C)CCC=C(C)C)OCCC(C)CCC=C(C)C)COC(=O)O[C@H]1CC[C@H](N2CCOCC2)CC1. The molecule has 0 N–H and O–H groups in total. The summed E-state index contributed by atoms with van der Waals surface area (Å²) in [4.78, 5) is 41.4. The first-order valence-electron chi connectivity index (χ1n) is 27.2. The highest BCUT2D eigenvalue weighted by Crippen LogP contribution is 2.26. The lowest BCUT2D eigenvalue weighted by molar-refractivity contribution is -0.162. The third kappa shape index (κ3) is 34.3. The van der Waals surface area contributed by atoms with Crippen LogP contribution in [-0.2, 0) is 42.7 Å². The highest BCUT2D eigenvalue weighted by Gasteiger charge is 2.29. The van der Waals surface area contributed by atoms with Gasteiger partial charge in [0.05, 0.1) is 25.6 Å². The fourth-order valence-electron chi connectivity index (χ4n) is 8.47. The van der Waals surface area contributed by atoms with Crippen molar-refractivity contribution in [2.45, 2.75) is 221 Å². The topological polar surface area (TPSA) is 119 Å². The molecule has 0 aromatic carbocycles. The second-order valence-electron chi connectivity index (χ2n) is 20.2. The van der Waals surface area contributed by atoms with Crippen LogP contribution in [0.15, 0.2) is 47.6 Å². The van der Waals surface area contributed by atoms with Crippen LogP contribution in [0.25, 0.3) is 0 Å². The largest absolute Gasteiger partial charge is 0.508 e. The van der Waals surface area contributed by atoms with Gasteiger partial charge in [-0.1, -0.05) is 100 Å². The van der Waals surface area contributed by atoms with Crippen LogP contribution in [0.2, 0.25) is 0 Å². The molecule has 1 saturated heterocycles. The van der Waals surface area contributed by atoms with Gasteiger partial charge in [0.1, 0.15) is 25.9 Å². The Morgan fingerprint density at radius 3 is 1.71 bits per heavy atom. The van der Waals surface area contributed by atoms with Gasteiger partial charge in [-0.2, -0.15) is 0 Å². The first-order chi connectivity index (χ1) is 32.9. The maximum absolute atomic E-state index is 13.2. The van der Waals surface area contributed by atoms with Gasteiger partial charge in [-0.15, -0.1) is 0 Å². The van der Waals surface area contributed by atoms with E-state index >= 15 is 0 Å². The van der Waals surface area contributed by atoms with E-state index in [0.29, 0.717) is 43.9 Å². The van der Waals surface area contributed by atoms with Crippen LogP contribution in [0.4, 0.5) is 4.79 Å². The molecular formula is C57H99NO10. The van der Waals surface area contributed by atoms with Crippen LogP contribution in [0.3, 0.4) is 0 Å². The predicted molar refractivity (Wildman–Crippen MR) is 275 cm³/mol. The number of ether oxygens (including phenoxy) is 7. The highest BCUT2D eigenvalue weighted by atomic mass is 16.7. The number of esters is 2. The monoisotopic (exact) mass is 958 g/mol. The summed E-state index contributed by atoms with van der Waals surface area (Å²) in [5.74, 6) is -0.240. The van der Waals surface area contributed by atoms with Crippen LogP contribution in [0.5, 0.6) is 0 Å². The van der Waals surface area contributed by atoms with E-state index in [-0.39, 0.29) is 38.3 Å². The molecule has 1 saturated carbocycles. The Morgan fingerprint density at radius 2 is 1.13 bits per heavy atom. The van der Waals surface area contributed by atoms with Gasteiger partial charge in [0.2, 0.25) is 0 Å². The molecule has 1 heterocycles. The number of nitrogens with zero attached hydrogens (tertiary/aromatic N) is 1. The molecule has 11 nitrogen and oxygen atoms in total. The molecule has 0 spiro atoms. The molecule has 0 aromatic heterocycles. The minimum Gasteiger partial charge on any atom is -0.465 e. The van der Waals surface area contributed by atoms with Gasteiger partial charge < -0.3 is 33.2 Å². The minimum atomic E-state index is -0.748. The number of hydrogen-bond donors (Lipinski definition) is 0. The van der Waals surface area contributed by atoms with Crippen molar-refractivity contribution >= 4 is 18.1 Å². The molecule has 0 aromatic rings. The Hall–Kier alpha value is -2.99. The molecule has 1 aliphatic heterocycles. The summed E-state index contributed by atoms with van der Waals surface area (Å²) in [5, 5.41) is 0. The molecule has 68 heavy (non-hydrogen) atoms.